The van der Waals surface area contributed by atoms with Crippen LogP contribution in [0.15, 0.2) is 21.1 Å². The van der Waals surface area contributed by atoms with E-state index in [0.717, 1.165) is 5.56 Å². The van der Waals surface area contributed by atoms with E-state index >= 15 is 0 Å². The number of aryl methyl sites for hydroxylation is 1. The van der Waals surface area contributed by atoms with Gasteiger partial charge in [-0.3, -0.25) is 9.59 Å². The topological polar surface area (TPSA) is 66.4 Å². The van der Waals surface area contributed by atoms with Gasteiger partial charge in [0.15, 0.2) is 0 Å². The van der Waals surface area contributed by atoms with Gasteiger partial charge in [-0.2, -0.15) is 0 Å². The molecule has 1 rings (SSSR count). The van der Waals surface area contributed by atoms with Crippen LogP contribution in [-0.4, -0.2) is 17.0 Å². The molecule has 0 aliphatic carbocycles. The number of carbonyl (C=O) groups is 2. The van der Waals surface area contributed by atoms with Gasteiger partial charge in [-0.25, -0.2) is 0 Å². The molecule has 0 heterocycles. The average Bonchev–Trinajstić information content (AvgIpc) is 2.09. The zero-order chi connectivity index (χ0) is 12.3. The van der Waals surface area contributed by atoms with E-state index in [1.165, 1.54) is 0 Å². The predicted octanol–water partition coefficient (Wildman–Crippen LogP) is 2.93. The van der Waals surface area contributed by atoms with E-state index in [-0.39, 0.29) is 0 Å². The number of rotatable bonds is 3. The fourth-order valence-electron chi connectivity index (χ4n) is 1.14. The van der Waals surface area contributed by atoms with Crippen LogP contribution in [0.5, 0.6) is 0 Å². The van der Waals surface area contributed by atoms with Gasteiger partial charge >= 0.3 is 5.97 Å². The number of anilines is 1. The lowest BCUT2D eigenvalue weighted by molar-refractivity contribution is -0.139. The van der Waals surface area contributed by atoms with Crippen molar-refractivity contribution in [3.8, 4) is 0 Å². The predicted molar refractivity (Wildman–Crippen MR) is 67.5 cm³/mol. The lowest BCUT2D eigenvalue weighted by Crippen LogP contribution is -2.16. The van der Waals surface area contributed by atoms with E-state index in [0.29, 0.717) is 14.6 Å². The smallest absolute Gasteiger partial charge is 0.312 e. The summed E-state index contributed by atoms with van der Waals surface area (Å²) in [6.07, 6.45) is -0.549. The molecule has 0 unspecified atom stereocenters. The molecule has 86 valence electrons. The summed E-state index contributed by atoms with van der Waals surface area (Å²) < 4.78 is 1.41. The van der Waals surface area contributed by atoms with E-state index in [4.69, 9.17) is 5.11 Å². The molecule has 0 saturated heterocycles. The molecule has 0 aliphatic rings. The Morgan fingerprint density at radius 3 is 2.25 bits per heavy atom. The molecule has 0 aliphatic heterocycles. The molecule has 0 bridgehead atoms. The third-order valence-electron chi connectivity index (χ3n) is 1.76. The number of halogens is 2. The monoisotopic (exact) mass is 349 g/mol. The molecule has 6 heteroatoms. The number of nitrogens with one attached hydrogen (secondary N) is 1. The molecule has 0 radical (unpaired) electrons. The van der Waals surface area contributed by atoms with Gasteiger partial charge in [-0.05, 0) is 56.5 Å². The van der Waals surface area contributed by atoms with Crippen LogP contribution in [0.4, 0.5) is 5.69 Å². The molecule has 16 heavy (non-hydrogen) atoms. The van der Waals surface area contributed by atoms with Gasteiger partial charge in [0.05, 0.1) is 5.69 Å². The van der Waals surface area contributed by atoms with E-state index in [2.05, 4.69) is 37.2 Å². The fourth-order valence-corrected chi connectivity index (χ4v) is 2.75. The van der Waals surface area contributed by atoms with Crippen molar-refractivity contribution in [1.29, 1.82) is 0 Å². The Morgan fingerprint density at radius 1 is 1.31 bits per heavy atom. The molecular weight excluding hydrogens is 342 g/mol. The van der Waals surface area contributed by atoms with Crippen LogP contribution in [0.3, 0.4) is 0 Å². The highest BCUT2D eigenvalue weighted by Crippen LogP contribution is 2.32. The van der Waals surface area contributed by atoms with Crippen molar-refractivity contribution in [1.82, 2.24) is 0 Å². The van der Waals surface area contributed by atoms with Crippen molar-refractivity contribution in [3.63, 3.8) is 0 Å². The first-order valence-electron chi connectivity index (χ1n) is 4.37. The Kier molecular flexibility index (Phi) is 4.49. The van der Waals surface area contributed by atoms with Crippen LogP contribution in [0, 0.1) is 6.92 Å². The Balaban J connectivity index is 2.89. The SMILES string of the molecule is Cc1cc(Br)c(NC(=O)CC(=O)O)c(Br)c1. The molecule has 0 aromatic heterocycles. The summed E-state index contributed by atoms with van der Waals surface area (Å²) in [5, 5.41) is 11.0. The van der Waals surface area contributed by atoms with Crippen LogP contribution < -0.4 is 5.32 Å². The summed E-state index contributed by atoms with van der Waals surface area (Å²) in [6, 6.07) is 3.67. The van der Waals surface area contributed by atoms with Crippen molar-refractivity contribution in [2.45, 2.75) is 13.3 Å². The number of carboxylic acids is 1. The normalized spacial score (nSPS) is 9.94. The van der Waals surface area contributed by atoms with E-state index in [9.17, 15) is 9.59 Å². The van der Waals surface area contributed by atoms with Crippen LogP contribution >= 0.6 is 31.9 Å². The number of aliphatic carboxylic acids is 1. The van der Waals surface area contributed by atoms with Crippen LogP contribution in [-0.2, 0) is 9.59 Å². The molecule has 0 fully saturated rings. The standard InChI is InChI=1S/C10H9Br2NO3/c1-5-2-6(11)10(7(12)3-5)13-8(14)4-9(15)16/h2-3H,4H2,1H3,(H,13,14)(H,15,16). The second kappa shape index (κ2) is 5.45. The molecule has 1 amide bonds. The largest absolute Gasteiger partial charge is 0.481 e. The third kappa shape index (κ3) is 3.61. The zero-order valence-corrected chi connectivity index (χ0v) is 11.6. The minimum atomic E-state index is -1.16. The van der Waals surface area contributed by atoms with E-state index in [1.807, 2.05) is 19.1 Å². The van der Waals surface area contributed by atoms with Crippen molar-refractivity contribution in [3.05, 3.63) is 26.6 Å². The Labute approximate surface area is 109 Å². The number of carbonyl (C=O) groups excluding carboxylic acids is 1. The van der Waals surface area contributed by atoms with E-state index < -0.39 is 18.3 Å². The highest BCUT2D eigenvalue weighted by atomic mass is 79.9. The summed E-state index contributed by atoms with van der Waals surface area (Å²) in [5.74, 6) is -1.71. The summed E-state index contributed by atoms with van der Waals surface area (Å²) in [7, 11) is 0. The molecule has 1 aromatic carbocycles. The molecule has 1 aromatic rings. The van der Waals surface area contributed by atoms with Gasteiger partial charge in [0, 0.05) is 8.95 Å². The number of benzene rings is 1. The number of amides is 1. The van der Waals surface area contributed by atoms with Crippen molar-refractivity contribution >= 4 is 49.4 Å². The average molecular weight is 351 g/mol. The molecule has 0 saturated carbocycles. The number of hydrogen-bond donors (Lipinski definition) is 2. The first-order chi connectivity index (χ1) is 7.40. The molecule has 0 atom stereocenters. The van der Waals surface area contributed by atoms with Crippen LogP contribution in [0.2, 0.25) is 0 Å². The Morgan fingerprint density at radius 2 is 1.81 bits per heavy atom. The fraction of sp³-hybridized carbons (Fsp3) is 0.200. The van der Waals surface area contributed by atoms with Crippen molar-refractivity contribution in [2.75, 3.05) is 5.32 Å². The lowest BCUT2D eigenvalue weighted by atomic mass is 10.2. The van der Waals surface area contributed by atoms with Crippen LogP contribution in [0.25, 0.3) is 0 Å². The molecular formula is C10H9Br2NO3. The maximum atomic E-state index is 11.3. The van der Waals surface area contributed by atoms with Gasteiger partial charge in [-0.1, -0.05) is 0 Å². The van der Waals surface area contributed by atoms with Gasteiger partial charge < -0.3 is 10.4 Å². The zero-order valence-electron chi connectivity index (χ0n) is 8.38. The number of carboxylic acid groups (broad SMARTS) is 1. The first kappa shape index (κ1) is 13.2. The Bertz CT molecular complexity index is 423. The second-order valence-corrected chi connectivity index (χ2v) is 4.93. The summed E-state index contributed by atoms with van der Waals surface area (Å²) in [6.45, 7) is 1.92. The second-order valence-electron chi connectivity index (χ2n) is 3.22. The minimum absolute atomic E-state index is 0.539. The summed E-state index contributed by atoms with van der Waals surface area (Å²) >= 11 is 6.60. The van der Waals surface area contributed by atoms with Crippen LogP contribution in [0.1, 0.15) is 12.0 Å². The summed E-state index contributed by atoms with van der Waals surface area (Å²) in [4.78, 5) is 21.6. The number of hydrogen-bond acceptors (Lipinski definition) is 2. The minimum Gasteiger partial charge on any atom is -0.481 e. The van der Waals surface area contributed by atoms with Crippen molar-refractivity contribution < 1.29 is 14.7 Å². The quantitative estimate of drug-likeness (QED) is 0.823. The van der Waals surface area contributed by atoms with Crippen molar-refractivity contribution in [2.24, 2.45) is 0 Å². The maximum absolute atomic E-state index is 11.3. The van der Waals surface area contributed by atoms with Gasteiger partial charge in [-0.15, -0.1) is 0 Å². The highest BCUT2D eigenvalue weighted by Gasteiger charge is 2.12. The lowest BCUT2D eigenvalue weighted by Gasteiger charge is -2.09. The Hall–Kier alpha value is -0.880. The molecule has 4 nitrogen and oxygen atoms in total. The maximum Gasteiger partial charge on any atom is 0.312 e. The third-order valence-corrected chi connectivity index (χ3v) is 3.01. The summed E-state index contributed by atoms with van der Waals surface area (Å²) in [5.41, 5.74) is 1.56. The highest BCUT2D eigenvalue weighted by molar-refractivity contribution is 9.11. The molecule has 0 spiro atoms. The first-order valence-corrected chi connectivity index (χ1v) is 5.96. The van der Waals surface area contributed by atoms with E-state index in [1.54, 1.807) is 0 Å². The van der Waals surface area contributed by atoms with Gasteiger partial charge in [0.2, 0.25) is 5.91 Å². The molecule has 2 N–H and O–H groups in total. The van der Waals surface area contributed by atoms with Gasteiger partial charge in [0.1, 0.15) is 6.42 Å². The van der Waals surface area contributed by atoms with Gasteiger partial charge in [0.25, 0.3) is 0 Å².